The average molecular weight is 261 g/mol. The lowest BCUT2D eigenvalue weighted by Crippen LogP contribution is -2.63. The third kappa shape index (κ3) is 3.37. The molecule has 2 heterocycles. The minimum Gasteiger partial charge on any atom is -0.379 e. The number of nitrogens with zero attached hydrogens (tertiary/aromatic N) is 5. The van der Waals surface area contributed by atoms with E-state index in [4.69, 9.17) is 14.4 Å². The van der Waals surface area contributed by atoms with Crippen LogP contribution in [-0.2, 0) is 14.4 Å². The Hall–Kier alpha value is -0.320. The molecule has 0 aliphatic carbocycles. The Labute approximate surface area is 108 Å². The maximum atomic E-state index is 5.36. The Morgan fingerprint density at radius 3 is 1.94 bits per heavy atom. The Morgan fingerprint density at radius 2 is 1.44 bits per heavy atom. The fraction of sp³-hybridized carbons (Fsp3) is 1.00. The molecule has 2 aliphatic heterocycles. The van der Waals surface area contributed by atoms with E-state index >= 15 is 0 Å². The molecule has 106 valence electrons. The van der Waals surface area contributed by atoms with Gasteiger partial charge in [-0.25, -0.2) is 5.01 Å². The second kappa shape index (κ2) is 6.73. The predicted molar refractivity (Wildman–Crippen MR) is 64.3 cm³/mol. The second-order valence-electron chi connectivity index (χ2n) is 4.31. The minimum absolute atomic E-state index is 0.639. The average Bonchev–Trinajstić information content (AvgIpc) is 2.46. The van der Waals surface area contributed by atoms with Crippen molar-refractivity contribution in [3.05, 3.63) is 0 Å². The third-order valence-electron chi connectivity index (χ3n) is 3.28. The first-order valence-corrected chi connectivity index (χ1v) is 6.14. The van der Waals surface area contributed by atoms with Crippen molar-refractivity contribution >= 4 is 0 Å². The normalized spacial score (nSPS) is 26.0. The molecular formula is C10H23N5O3. The van der Waals surface area contributed by atoms with Crippen molar-refractivity contribution < 1.29 is 14.4 Å². The molecule has 0 bridgehead atoms. The smallest absolute Gasteiger partial charge is 0.103 e. The summed E-state index contributed by atoms with van der Waals surface area (Å²) in [7, 11) is 5.40. The van der Waals surface area contributed by atoms with E-state index in [1.165, 1.54) is 0 Å². The molecule has 0 aromatic rings. The standard InChI is InChI=1S/C10H23N5O3/c1-11(12-4-6-18-7-5-12)13-8-14(16-2)10-15(9-13)17-3/h4-10H2,1-3H3. The van der Waals surface area contributed by atoms with Crippen molar-refractivity contribution in [2.45, 2.75) is 0 Å². The Bertz CT molecular complexity index is 240. The van der Waals surface area contributed by atoms with Gasteiger partial charge >= 0.3 is 0 Å². The number of ether oxygens (including phenoxy) is 1. The van der Waals surface area contributed by atoms with Crippen LogP contribution in [0.15, 0.2) is 0 Å². The Balaban J connectivity index is 1.92. The molecule has 2 fully saturated rings. The van der Waals surface area contributed by atoms with Crippen LogP contribution < -0.4 is 0 Å². The highest BCUT2D eigenvalue weighted by molar-refractivity contribution is 4.61. The van der Waals surface area contributed by atoms with Crippen molar-refractivity contribution in [1.82, 2.24) is 25.3 Å². The van der Waals surface area contributed by atoms with E-state index in [-0.39, 0.29) is 0 Å². The lowest BCUT2D eigenvalue weighted by Gasteiger charge is -2.47. The van der Waals surface area contributed by atoms with Gasteiger partial charge in [0.2, 0.25) is 0 Å². The zero-order valence-electron chi connectivity index (χ0n) is 11.4. The van der Waals surface area contributed by atoms with Crippen molar-refractivity contribution in [3.63, 3.8) is 0 Å². The highest BCUT2D eigenvalue weighted by Gasteiger charge is 2.29. The summed E-state index contributed by atoms with van der Waals surface area (Å²) in [6.45, 7) is 5.44. The van der Waals surface area contributed by atoms with E-state index in [1.54, 1.807) is 14.2 Å². The predicted octanol–water partition coefficient (Wildman–Crippen LogP) is -1.00. The van der Waals surface area contributed by atoms with Crippen LogP contribution in [0.25, 0.3) is 0 Å². The summed E-state index contributed by atoms with van der Waals surface area (Å²) in [5.74, 6) is 0. The van der Waals surface area contributed by atoms with Gasteiger partial charge in [-0.2, -0.15) is 20.3 Å². The van der Waals surface area contributed by atoms with Gasteiger partial charge in [0.25, 0.3) is 0 Å². The molecule has 8 heteroatoms. The SMILES string of the molecule is CON1CN(OC)CN(N(C)N2CCOCC2)C1. The lowest BCUT2D eigenvalue weighted by molar-refractivity contribution is -0.344. The van der Waals surface area contributed by atoms with Crippen LogP contribution in [0.2, 0.25) is 0 Å². The van der Waals surface area contributed by atoms with Crippen LogP contribution in [0, 0.1) is 0 Å². The summed E-state index contributed by atoms with van der Waals surface area (Å²) in [5.41, 5.74) is 0. The van der Waals surface area contributed by atoms with Gasteiger partial charge in [-0.15, -0.1) is 0 Å². The second-order valence-corrected chi connectivity index (χ2v) is 4.31. The molecule has 0 N–H and O–H groups in total. The van der Waals surface area contributed by atoms with Gasteiger partial charge in [0.15, 0.2) is 0 Å². The summed E-state index contributed by atoms with van der Waals surface area (Å²) in [6, 6.07) is 0. The van der Waals surface area contributed by atoms with Crippen molar-refractivity contribution in [2.24, 2.45) is 0 Å². The van der Waals surface area contributed by atoms with Crippen molar-refractivity contribution in [1.29, 1.82) is 0 Å². The first kappa shape index (κ1) is 14.1. The van der Waals surface area contributed by atoms with E-state index in [0.717, 1.165) is 26.3 Å². The van der Waals surface area contributed by atoms with Gasteiger partial charge in [0.05, 0.1) is 40.8 Å². The molecule has 2 rings (SSSR count). The van der Waals surface area contributed by atoms with Gasteiger partial charge in [-0.05, 0) is 0 Å². The molecular weight excluding hydrogens is 238 g/mol. The van der Waals surface area contributed by atoms with E-state index in [9.17, 15) is 0 Å². The van der Waals surface area contributed by atoms with Crippen LogP contribution in [0.3, 0.4) is 0 Å². The van der Waals surface area contributed by atoms with Crippen molar-refractivity contribution in [3.8, 4) is 0 Å². The summed E-state index contributed by atoms with van der Waals surface area (Å²) in [4.78, 5) is 10.6. The van der Waals surface area contributed by atoms with Gasteiger partial charge in [0.1, 0.15) is 6.67 Å². The van der Waals surface area contributed by atoms with Crippen LogP contribution in [0.5, 0.6) is 0 Å². The third-order valence-corrected chi connectivity index (χ3v) is 3.28. The zero-order valence-corrected chi connectivity index (χ0v) is 11.4. The number of hydrogen-bond acceptors (Lipinski definition) is 8. The topological polar surface area (TPSA) is 43.9 Å². The molecule has 2 aliphatic rings. The van der Waals surface area contributed by atoms with Gasteiger partial charge < -0.3 is 4.74 Å². The molecule has 0 atom stereocenters. The number of hydrogen-bond donors (Lipinski definition) is 0. The maximum absolute atomic E-state index is 5.36. The summed E-state index contributed by atoms with van der Waals surface area (Å²) < 4.78 is 5.36. The molecule has 0 spiro atoms. The summed E-state index contributed by atoms with van der Waals surface area (Å²) in [6.07, 6.45) is 0. The lowest BCUT2D eigenvalue weighted by atomic mass is 10.5. The van der Waals surface area contributed by atoms with Crippen molar-refractivity contribution in [2.75, 3.05) is 67.6 Å². The molecule has 0 amide bonds. The molecule has 2 saturated heterocycles. The summed E-state index contributed by atoms with van der Waals surface area (Å²) >= 11 is 0. The fourth-order valence-corrected chi connectivity index (χ4v) is 2.11. The van der Waals surface area contributed by atoms with E-state index in [1.807, 2.05) is 10.1 Å². The van der Waals surface area contributed by atoms with Crippen LogP contribution >= 0.6 is 0 Å². The zero-order chi connectivity index (χ0) is 13.0. The summed E-state index contributed by atoms with van der Waals surface area (Å²) in [5, 5.41) is 10.2. The fourth-order valence-electron chi connectivity index (χ4n) is 2.11. The number of hydroxylamine groups is 4. The van der Waals surface area contributed by atoms with Crippen LogP contribution in [0.4, 0.5) is 0 Å². The molecule has 0 aromatic heterocycles. The Morgan fingerprint density at radius 1 is 0.889 bits per heavy atom. The number of hydrazine groups is 2. The maximum Gasteiger partial charge on any atom is 0.103 e. The van der Waals surface area contributed by atoms with Crippen LogP contribution in [0.1, 0.15) is 0 Å². The first-order chi connectivity index (χ1) is 8.74. The Kier molecular flexibility index (Phi) is 5.27. The highest BCUT2D eigenvalue weighted by Crippen LogP contribution is 2.12. The van der Waals surface area contributed by atoms with E-state index in [2.05, 4.69) is 22.2 Å². The van der Waals surface area contributed by atoms with Crippen LogP contribution in [-0.4, -0.2) is 92.8 Å². The monoisotopic (exact) mass is 261 g/mol. The largest absolute Gasteiger partial charge is 0.379 e. The number of morpholine rings is 1. The molecule has 8 nitrogen and oxygen atoms in total. The quantitative estimate of drug-likeness (QED) is 0.638. The molecule has 18 heavy (non-hydrogen) atoms. The van der Waals surface area contributed by atoms with E-state index < -0.39 is 0 Å². The molecule has 0 saturated carbocycles. The first-order valence-electron chi connectivity index (χ1n) is 6.14. The molecule has 0 radical (unpaired) electrons. The minimum atomic E-state index is 0.639. The van der Waals surface area contributed by atoms with Gasteiger partial charge in [-0.1, -0.05) is 0 Å². The van der Waals surface area contributed by atoms with E-state index in [0.29, 0.717) is 20.0 Å². The highest BCUT2D eigenvalue weighted by atomic mass is 16.7. The molecule has 0 aromatic carbocycles. The van der Waals surface area contributed by atoms with Gasteiger partial charge in [0, 0.05) is 20.1 Å². The molecule has 0 unspecified atom stereocenters. The number of rotatable bonds is 4. The van der Waals surface area contributed by atoms with Gasteiger partial charge in [-0.3, -0.25) is 9.68 Å².